The third-order valence-corrected chi connectivity index (χ3v) is 11.0. The Morgan fingerprint density at radius 1 is 0.547 bits per heavy atom. The van der Waals surface area contributed by atoms with Gasteiger partial charge in [0.25, 0.3) is 0 Å². The van der Waals surface area contributed by atoms with Crippen molar-refractivity contribution in [3.8, 4) is 11.5 Å². The van der Waals surface area contributed by atoms with Crippen LogP contribution in [0.15, 0.2) is 150 Å². The van der Waals surface area contributed by atoms with E-state index in [1.165, 1.54) is 0 Å². The second kappa shape index (κ2) is 24.3. The molecule has 5 aromatic rings. The third kappa shape index (κ3) is 15.5. The number of rotatable bonds is 7. The number of para-hydroxylation sites is 2. The van der Waals surface area contributed by atoms with Crippen LogP contribution in [-0.2, 0) is 19.8 Å². The molecule has 53 heavy (non-hydrogen) atoms. The van der Waals surface area contributed by atoms with Crippen molar-refractivity contribution in [3.05, 3.63) is 151 Å². The molecule has 0 aromatic heterocycles. The minimum absolute atomic E-state index is 0. The Bertz CT molecular complexity index is 1680. The van der Waals surface area contributed by atoms with Crippen LogP contribution in [0, 0.1) is 15.4 Å². The van der Waals surface area contributed by atoms with E-state index in [1.807, 2.05) is 66.7 Å². The quantitative estimate of drug-likeness (QED) is 0.170. The second-order valence-electron chi connectivity index (χ2n) is 11.1. The molecule has 0 saturated heterocycles. The molecule has 14 heteroatoms. The van der Waals surface area contributed by atoms with Gasteiger partial charge in [0.2, 0.25) is 0 Å². The van der Waals surface area contributed by atoms with Crippen molar-refractivity contribution in [2.75, 3.05) is 7.11 Å². The van der Waals surface area contributed by atoms with E-state index in [9.17, 15) is 15.4 Å². The van der Waals surface area contributed by atoms with Crippen molar-refractivity contribution in [2.45, 2.75) is 37.8 Å². The van der Waals surface area contributed by atoms with Gasteiger partial charge in [0.15, 0.2) is 0 Å². The average Bonchev–Trinajstić information content (AvgIpc) is 3.16. The molecule has 280 valence electrons. The van der Waals surface area contributed by atoms with Crippen LogP contribution < -0.4 is 49.9 Å². The Hall–Kier alpha value is -4.04. The Kier molecular flexibility index (Phi) is 21.5. The van der Waals surface area contributed by atoms with Crippen LogP contribution >= 0.6 is 7.05 Å². The van der Waals surface area contributed by atoms with Crippen molar-refractivity contribution < 1.29 is 69.5 Å². The summed E-state index contributed by atoms with van der Waals surface area (Å²) >= 11 is 0. The van der Waals surface area contributed by atoms with Crippen LogP contribution in [0.25, 0.3) is 0 Å². The summed E-state index contributed by atoms with van der Waals surface area (Å²) in [5, 5.41) is 44.3. The number of benzene rings is 5. The molecule has 1 saturated carbocycles. The van der Waals surface area contributed by atoms with Crippen molar-refractivity contribution in [2.24, 2.45) is 9.98 Å². The van der Waals surface area contributed by atoms with Gasteiger partial charge in [0, 0.05) is 12.4 Å². The zero-order valence-electron chi connectivity index (χ0n) is 28.8. The summed E-state index contributed by atoms with van der Waals surface area (Å²) in [5.41, 5.74) is 1.21. The van der Waals surface area contributed by atoms with E-state index in [0.29, 0.717) is 11.1 Å². The number of halogens is 1. The first-order valence-corrected chi connectivity index (χ1v) is 19.0. The van der Waals surface area contributed by atoms with Gasteiger partial charge < -0.3 is 26.0 Å². The molecule has 1 aliphatic rings. The van der Waals surface area contributed by atoms with Gasteiger partial charge in [0.05, 0.1) is 19.1 Å². The predicted molar refractivity (Wildman–Crippen MR) is 190 cm³/mol. The molecule has 0 aliphatic heterocycles. The minimum atomic E-state index is -4.94. The van der Waals surface area contributed by atoms with Gasteiger partial charge in [-0.1, -0.05) is 152 Å². The summed E-state index contributed by atoms with van der Waals surface area (Å²) in [7, 11) is -6.47. The maximum atomic E-state index is 11.8. The van der Waals surface area contributed by atoms with Crippen molar-refractivity contribution in [3.63, 3.8) is 0 Å². The van der Waals surface area contributed by atoms with Gasteiger partial charge in [-0.15, -0.1) is 21.7 Å². The van der Waals surface area contributed by atoms with E-state index in [1.54, 1.807) is 48.8 Å². The predicted octanol–water partition coefficient (Wildman–Crippen LogP) is -0.181. The van der Waals surface area contributed by atoms with Crippen LogP contribution in [0.5, 0.6) is 11.5 Å². The SMILES string of the molecule is C[O-].N=P(c1ccccc1)(c1ccccc1)c1ccccc1.O.[O-][Cl+3]([O-])([O-])[O-].[O-]c1ccccc1C=N[C@H]1CCCC[C@@H]1N=Cc1ccccc1[O-].[Os+4]. The second-order valence-corrected chi connectivity index (χ2v) is 14.8. The normalized spacial score (nSPS) is 15.2. The van der Waals surface area contributed by atoms with Crippen LogP contribution in [-0.4, -0.2) is 37.1 Å². The maximum absolute atomic E-state index is 11.8. The molecule has 5 aromatic carbocycles. The summed E-state index contributed by atoms with van der Waals surface area (Å²) in [6.45, 7) is 0. The molecule has 6 rings (SSSR count). The van der Waals surface area contributed by atoms with E-state index >= 15 is 0 Å². The molecule has 0 bridgehead atoms. The van der Waals surface area contributed by atoms with E-state index in [4.69, 9.17) is 23.7 Å². The smallest absolute Gasteiger partial charge is 0.872 e. The Labute approximate surface area is 325 Å². The number of aliphatic imine (C=N–C) groups is 2. The minimum Gasteiger partial charge on any atom is -0.872 e. The number of nitrogens with zero attached hydrogens (tertiary/aromatic N) is 2. The fraction of sp³-hybridized carbons (Fsp3) is 0.179. The molecule has 1 aliphatic carbocycles. The summed E-state index contributed by atoms with van der Waals surface area (Å²) in [4.78, 5) is 9.23. The van der Waals surface area contributed by atoms with Gasteiger partial charge >= 0.3 is 19.8 Å². The molecule has 2 atom stereocenters. The molecule has 0 heterocycles. The van der Waals surface area contributed by atoms with Gasteiger partial charge in [-0.3, -0.25) is 9.98 Å². The summed E-state index contributed by atoms with van der Waals surface area (Å²) in [5.74, 6) is -0.0326. The Morgan fingerprint density at radius 3 is 1.09 bits per heavy atom. The van der Waals surface area contributed by atoms with E-state index in [2.05, 4.69) is 46.4 Å². The molecule has 3 N–H and O–H groups in total. The first-order valence-electron chi connectivity index (χ1n) is 16.0. The fourth-order valence-corrected chi connectivity index (χ4v) is 8.12. The molecule has 1 fully saturated rings. The van der Waals surface area contributed by atoms with Crippen LogP contribution in [0.2, 0.25) is 0 Å². The molecule has 0 amide bonds. The molecule has 0 radical (unpaired) electrons. The van der Waals surface area contributed by atoms with Crippen LogP contribution in [0.1, 0.15) is 36.8 Å². The van der Waals surface area contributed by atoms with Crippen molar-refractivity contribution in [1.29, 1.82) is 5.16 Å². The van der Waals surface area contributed by atoms with Crippen molar-refractivity contribution in [1.82, 2.24) is 0 Å². The van der Waals surface area contributed by atoms with Gasteiger partial charge in [-0.25, -0.2) is 18.6 Å². The largest absolute Gasteiger partial charge is 4.00 e. The van der Waals surface area contributed by atoms with Crippen LogP contribution in [0.4, 0.5) is 0 Å². The third-order valence-electron chi connectivity index (χ3n) is 7.77. The molecular formula is C39H41ClN3O8OsP. The average molecular weight is 936 g/mol. The van der Waals surface area contributed by atoms with Gasteiger partial charge in [0.1, 0.15) is 0 Å². The molecule has 0 unspecified atom stereocenters. The van der Waals surface area contributed by atoms with E-state index < -0.39 is 17.3 Å². The van der Waals surface area contributed by atoms with Gasteiger partial charge in [-0.2, -0.15) is 7.11 Å². The topological polar surface area (TPSA) is 241 Å². The number of hydrogen-bond donors (Lipinski definition) is 1. The fourth-order valence-electron chi connectivity index (χ4n) is 5.37. The summed E-state index contributed by atoms with van der Waals surface area (Å²) in [6, 6.07) is 44.5. The number of hydrogen-bond acceptors (Lipinski definition) is 10. The van der Waals surface area contributed by atoms with Crippen molar-refractivity contribution >= 4 is 35.4 Å². The monoisotopic (exact) mass is 937 g/mol. The van der Waals surface area contributed by atoms with Crippen LogP contribution in [0.3, 0.4) is 0 Å². The maximum Gasteiger partial charge on any atom is 4.00 e. The molecular weight excluding hydrogens is 895 g/mol. The molecule has 0 spiro atoms. The van der Waals surface area contributed by atoms with E-state index in [0.717, 1.165) is 48.7 Å². The Morgan fingerprint density at radius 2 is 0.811 bits per heavy atom. The molecule has 11 nitrogen and oxygen atoms in total. The standard InChI is InChI=1S/C20H22N2O2.C18H16NP.CH3O.ClHO4.H2O.Os/c23-19-11-5-1-7-15(19)13-21-17-9-3-4-10-18(17)22-14-16-8-2-6-12-20(16)24;19-20(16-10-4-1-5-11-16,17-12-6-2-7-13-17)18-14-8-3-9-15-18;1-2;2-1(3,4)5;;/h1-2,5-8,11-14,17-18,23-24H,3-4,9-10H2;1-15,19H;1H3;(H,2,3,4,5);1H2;/q;;-1;;;+4/p-3/t17-,18-;;;;;/m0...../s1. The zero-order chi connectivity index (χ0) is 37.1. The Balaban J connectivity index is 0.000000442. The summed E-state index contributed by atoms with van der Waals surface area (Å²) < 4.78 is 34.0. The van der Waals surface area contributed by atoms with E-state index in [-0.39, 0.29) is 48.8 Å². The zero-order valence-corrected chi connectivity index (χ0v) is 33.0. The van der Waals surface area contributed by atoms with Gasteiger partial charge in [-0.05, 0) is 39.9 Å². The first-order chi connectivity index (χ1) is 24.6. The first kappa shape index (κ1) is 47.0. The summed E-state index contributed by atoms with van der Waals surface area (Å²) in [6.07, 6.45) is 7.48. The number of nitrogens with one attached hydrogen (secondary N) is 1.